The average Bonchev–Trinajstić information content (AvgIpc) is 3.39. The zero-order valence-corrected chi connectivity index (χ0v) is 25.5. The third kappa shape index (κ3) is 3.56. The van der Waals surface area contributed by atoms with Crippen LogP contribution < -0.4 is 0 Å². The number of hydrogen-bond acceptors (Lipinski definition) is 6. The van der Waals surface area contributed by atoms with Gasteiger partial charge in [0.15, 0.2) is 11.6 Å². The normalized spacial score (nSPS) is 42.3. The lowest BCUT2D eigenvalue weighted by Crippen LogP contribution is -2.65. The zero-order chi connectivity index (χ0) is 30.9. The number of carbonyl (C=O) groups is 2. The maximum absolute atomic E-state index is 14.6. The van der Waals surface area contributed by atoms with Crippen molar-refractivity contribution in [2.24, 2.45) is 44.8 Å². The van der Waals surface area contributed by atoms with Crippen molar-refractivity contribution in [2.45, 2.75) is 105 Å². The molecule has 0 saturated heterocycles. The molecule has 0 amide bonds. The summed E-state index contributed by atoms with van der Waals surface area (Å²) in [6.07, 6.45) is 3.65. The molecule has 5 aliphatic carbocycles. The number of halogens is 3. The first kappa shape index (κ1) is 29.3. The van der Waals surface area contributed by atoms with Gasteiger partial charge in [-0.1, -0.05) is 60.1 Å². The third-order valence-electron chi connectivity index (χ3n) is 13.0. The van der Waals surface area contributed by atoms with Crippen molar-refractivity contribution in [1.82, 2.24) is 10.2 Å². The fourth-order valence-electron chi connectivity index (χ4n) is 10.5. The summed E-state index contributed by atoms with van der Waals surface area (Å²) in [4.78, 5) is 27.8. The van der Waals surface area contributed by atoms with E-state index >= 15 is 0 Å². The maximum atomic E-state index is 14.6. The summed E-state index contributed by atoms with van der Waals surface area (Å²) in [6.45, 7) is 14.7. The number of allylic oxidation sites excluding steroid dienone is 4. The highest BCUT2D eigenvalue weighted by atomic mass is 19.4. The Kier molecular flexibility index (Phi) is 5.90. The molecule has 0 unspecified atom stereocenters. The Labute approximate surface area is 245 Å². The van der Waals surface area contributed by atoms with Crippen molar-refractivity contribution in [2.75, 3.05) is 0 Å². The second kappa shape index (κ2) is 8.45. The van der Waals surface area contributed by atoms with Gasteiger partial charge in [0.25, 0.3) is 0 Å². The summed E-state index contributed by atoms with van der Waals surface area (Å²) in [6, 6.07) is 2.13. The van der Waals surface area contributed by atoms with Gasteiger partial charge in [-0.2, -0.15) is 18.4 Å². The van der Waals surface area contributed by atoms with Crippen molar-refractivity contribution in [3.05, 3.63) is 35.1 Å². The maximum Gasteiger partial charge on any atom is 0.470 e. The van der Waals surface area contributed by atoms with E-state index in [2.05, 4.69) is 50.9 Å². The van der Waals surface area contributed by atoms with E-state index in [9.17, 15) is 28.0 Å². The third-order valence-corrected chi connectivity index (χ3v) is 13.0. The molecule has 9 heteroatoms. The van der Waals surface area contributed by atoms with Gasteiger partial charge in [-0.05, 0) is 79.1 Å². The Morgan fingerprint density at radius 1 is 0.976 bits per heavy atom. The molecule has 0 aliphatic heterocycles. The molecule has 1 aromatic rings. The van der Waals surface area contributed by atoms with E-state index in [0.29, 0.717) is 25.7 Å². The SMILES string of the molecule is CC1(C)CC[C@]2(c3nnc(C(F)(F)F)o3)CC[C@]3(C)[C@H](C(=O)C=C4[C@@]5(C)C=C(C#N)C(=O)C(C)(C)[C@@H]5CC[C@]43C)[C@@H]2C1. The quantitative estimate of drug-likeness (QED) is 0.339. The first-order valence-electron chi connectivity index (χ1n) is 15.1. The molecule has 0 N–H and O–H groups in total. The highest BCUT2D eigenvalue weighted by molar-refractivity contribution is 6.04. The van der Waals surface area contributed by atoms with Gasteiger partial charge in [0.2, 0.25) is 5.89 Å². The topological polar surface area (TPSA) is 96.8 Å². The van der Waals surface area contributed by atoms with Gasteiger partial charge in [-0.3, -0.25) is 9.59 Å². The van der Waals surface area contributed by atoms with E-state index < -0.39 is 45.1 Å². The monoisotopic (exact) mass is 583 g/mol. The van der Waals surface area contributed by atoms with Crippen molar-refractivity contribution >= 4 is 11.6 Å². The van der Waals surface area contributed by atoms with E-state index in [1.165, 1.54) is 0 Å². The van der Waals surface area contributed by atoms with E-state index in [0.717, 1.165) is 24.8 Å². The molecule has 1 aromatic heterocycles. The molecule has 0 bridgehead atoms. The van der Waals surface area contributed by atoms with E-state index in [1.807, 2.05) is 19.9 Å². The van der Waals surface area contributed by atoms with Crippen LogP contribution in [-0.4, -0.2) is 21.8 Å². The number of fused-ring (bicyclic) bond motifs is 7. The Balaban J connectivity index is 1.52. The number of ketones is 2. The Morgan fingerprint density at radius 3 is 2.26 bits per heavy atom. The molecule has 1 heterocycles. The Hall–Kier alpha value is -2.76. The van der Waals surface area contributed by atoms with Crippen LogP contribution in [0.1, 0.15) is 105 Å². The van der Waals surface area contributed by atoms with Gasteiger partial charge >= 0.3 is 12.1 Å². The lowest BCUT2D eigenvalue weighted by atomic mass is 9.34. The van der Waals surface area contributed by atoms with Crippen LogP contribution >= 0.6 is 0 Å². The minimum Gasteiger partial charge on any atom is -0.417 e. The minimum atomic E-state index is -4.74. The number of nitriles is 1. The van der Waals surface area contributed by atoms with Gasteiger partial charge in [0.1, 0.15) is 6.07 Å². The molecule has 0 aromatic carbocycles. The Morgan fingerprint density at radius 2 is 1.64 bits per heavy atom. The van der Waals surface area contributed by atoms with E-state index in [1.54, 1.807) is 6.08 Å². The van der Waals surface area contributed by atoms with Gasteiger partial charge < -0.3 is 4.42 Å². The van der Waals surface area contributed by atoms with Crippen LogP contribution in [0, 0.1) is 56.2 Å². The summed E-state index contributed by atoms with van der Waals surface area (Å²) in [5, 5.41) is 17.3. The molecule has 3 saturated carbocycles. The highest BCUT2D eigenvalue weighted by Gasteiger charge is 2.70. The van der Waals surface area contributed by atoms with Gasteiger partial charge in [0.05, 0.1) is 11.0 Å². The second-order valence-corrected chi connectivity index (χ2v) is 15.8. The van der Waals surface area contributed by atoms with Crippen LogP contribution in [0.15, 0.2) is 27.7 Å². The predicted molar refractivity (Wildman–Crippen MR) is 147 cm³/mol. The molecular formula is C33H40F3N3O3. The van der Waals surface area contributed by atoms with Crippen molar-refractivity contribution < 1.29 is 27.2 Å². The molecule has 7 atom stereocenters. The standard InChI is InChI=1S/C33H40F3N3O3/c1-27(2)10-12-32(25-38-39-26(42-25)33(34,35)36)13-11-31(7)23(19(32)16-27)20(40)14-22-29(5)15-18(17-37)24(41)28(3,4)21(29)8-9-30(22,31)6/h14-15,19,21,23H,8-13,16H2,1-7H3/t19-,21-,23-,29-,30+,31+,32-/m0/s1. The van der Waals surface area contributed by atoms with Crippen LogP contribution in [0.2, 0.25) is 0 Å². The molecule has 6 nitrogen and oxygen atoms in total. The number of Topliss-reactive ketones (excluding diaryl/α,β-unsaturated/α-hetero) is 1. The van der Waals surface area contributed by atoms with E-state index in [-0.39, 0.29) is 40.3 Å². The summed E-state index contributed by atoms with van der Waals surface area (Å²) in [5.41, 5.74) is -2.06. The highest BCUT2D eigenvalue weighted by Crippen LogP contribution is 2.74. The van der Waals surface area contributed by atoms with Gasteiger partial charge in [-0.25, -0.2) is 0 Å². The number of alkyl halides is 3. The predicted octanol–water partition coefficient (Wildman–Crippen LogP) is 7.56. The first-order valence-corrected chi connectivity index (χ1v) is 15.1. The molecule has 0 spiro atoms. The lowest BCUT2D eigenvalue weighted by Gasteiger charge is -2.68. The molecule has 6 rings (SSSR count). The number of aromatic nitrogens is 2. The summed E-state index contributed by atoms with van der Waals surface area (Å²) >= 11 is 0. The summed E-state index contributed by atoms with van der Waals surface area (Å²) < 4.78 is 46.0. The van der Waals surface area contributed by atoms with Crippen LogP contribution in [0.3, 0.4) is 0 Å². The average molecular weight is 584 g/mol. The number of hydrogen-bond donors (Lipinski definition) is 0. The van der Waals surface area contributed by atoms with Crippen molar-refractivity contribution in [3.63, 3.8) is 0 Å². The molecule has 226 valence electrons. The molecule has 5 aliphatic rings. The summed E-state index contributed by atoms with van der Waals surface area (Å²) in [7, 11) is 0. The van der Waals surface area contributed by atoms with E-state index in [4.69, 9.17) is 4.42 Å². The summed E-state index contributed by atoms with van der Waals surface area (Å²) in [5.74, 6) is -2.24. The Bertz CT molecular complexity index is 1500. The van der Waals surface area contributed by atoms with Crippen LogP contribution in [0.4, 0.5) is 13.2 Å². The van der Waals surface area contributed by atoms with Gasteiger partial charge in [0, 0.05) is 16.7 Å². The largest absolute Gasteiger partial charge is 0.470 e. The van der Waals surface area contributed by atoms with Crippen molar-refractivity contribution in [1.29, 1.82) is 5.26 Å². The molecule has 42 heavy (non-hydrogen) atoms. The first-order chi connectivity index (χ1) is 19.3. The minimum absolute atomic E-state index is 0.00918. The molecule has 0 radical (unpaired) electrons. The van der Waals surface area contributed by atoms with Crippen LogP contribution in [0.5, 0.6) is 0 Å². The molecule has 3 fully saturated rings. The van der Waals surface area contributed by atoms with Gasteiger partial charge in [-0.15, -0.1) is 10.2 Å². The van der Waals surface area contributed by atoms with Crippen LogP contribution in [-0.2, 0) is 21.2 Å². The lowest BCUT2D eigenvalue weighted by molar-refractivity contribution is -0.166. The fraction of sp³-hybridized carbons (Fsp3) is 0.727. The zero-order valence-electron chi connectivity index (χ0n) is 25.5. The van der Waals surface area contributed by atoms with Crippen molar-refractivity contribution in [3.8, 4) is 6.07 Å². The fourth-order valence-corrected chi connectivity index (χ4v) is 10.5. The smallest absolute Gasteiger partial charge is 0.417 e. The number of rotatable bonds is 1. The number of carbonyl (C=O) groups excluding carboxylic acids is 2. The van der Waals surface area contributed by atoms with Crippen LogP contribution in [0.25, 0.3) is 0 Å². The number of nitrogens with zero attached hydrogens (tertiary/aromatic N) is 3. The molecular weight excluding hydrogens is 543 g/mol. The second-order valence-electron chi connectivity index (χ2n) is 15.8.